The second kappa shape index (κ2) is 8.49. The lowest BCUT2D eigenvalue weighted by molar-refractivity contribution is -0.338. The van der Waals surface area contributed by atoms with E-state index in [0.29, 0.717) is 12.8 Å². The first-order valence-corrected chi connectivity index (χ1v) is 8.68. The van der Waals surface area contributed by atoms with Gasteiger partial charge >= 0.3 is 11.9 Å². The summed E-state index contributed by atoms with van der Waals surface area (Å²) in [6, 6.07) is 0. The van der Waals surface area contributed by atoms with E-state index < -0.39 is 29.6 Å². The Hall–Kier alpha value is -1.14. The summed E-state index contributed by atoms with van der Waals surface area (Å²) in [4.78, 5) is 43.3. The van der Waals surface area contributed by atoms with Gasteiger partial charge in [0, 0.05) is 0 Å². The van der Waals surface area contributed by atoms with E-state index in [-0.39, 0.29) is 10.8 Å². The molecular weight excluding hydrogens is 324 g/mol. The summed E-state index contributed by atoms with van der Waals surface area (Å²) >= 11 is 0. The molecule has 0 amide bonds. The normalized spacial score (nSPS) is 13.5. The van der Waals surface area contributed by atoms with E-state index in [9.17, 15) is 9.59 Å². The summed E-state index contributed by atoms with van der Waals surface area (Å²) in [5, 5.41) is 0. The van der Waals surface area contributed by atoms with Crippen LogP contribution in [-0.4, -0.2) is 23.1 Å². The molecule has 0 radical (unpaired) electrons. The fourth-order valence-corrected chi connectivity index (χ4v) is 3.11. The molecule has 0 aliphatic carbocycles. The summed E-state index contributed by atoms with van der Waals surface area (Å²) < 4.78 is 0. The molecule has 0 saturated heterocycles. The minimum atomic E-state index is -0.816. The van der Waals surface area contributed by atoms with Crippen molar-refractivity contribution in [3.63, 3.8) is 0 Å². The van der Waals surface area contributed by atoms with Gasteiger partial charge in [-0.05, 0) is 51.4 Å². The average Bonchev–Trinajstić information content (AvgIpc) is 2.28. The van der Waals surface area contributed by atoms with E-state index >= 15 is 0 Å². The Morgan fingerprint density at radius 3 is 1.12 bits per heavy atom. The predicted octanol–water partition coefficient (Wildman–Crippen LogP) is 4.76. The highest BCUT2D eigenvalue weighted by atomic mass is 17.2. The van der Waals surface area contributed by atoms with Crippen LogP contribution in [0.2, 0.25) is 0 Å². The molecule has 6 heteroatoms. The molecule has 0 N–H and O–H groups in total. The highest BCUT2D eigenvalue weighted by molar-refractivity contribution is 5.90. The lowest BCUT2D eigenvalue weighted by atomic mass is 9.84. The third-order valence-electron chi connectivity index (χ3n) is 2.92. The van der Waals surface area contributed by atoms with Crippen LogP contribution in [0.3, 0.4) is 0 Å². The molecule has 0 heterocycles. The van der Waals surface area contributed by atoms with E-state index in [4.69, 9.17) is 19.6 Å². The molecule has 0 saturated carbocycles. The number of hydrogen-bond donors (Lipinski definition) is 0. The van der Waals surface area contributed by atoms with Gasteiger partial charge in [0.2, 0.25) is 0 Å². The van der Waals surface area contributed by atoms with Gasteiger partial charge in [0.25, 0.3) is 0 Å². The van der Waals surface area contributed by atoms with Gasteiger partial charge in [-0.2, -0.15) is 9.78 Å². The fraction of sp³-hybridized carbons (Fsp3) is 0.895. The minimum absolute atomic E-state index is 0.0152. The van der Waals surface area contributed by atoms with Gasteiger partial charge < -0.3 is 0 Å². The van der Waals surface area contributed by atoms with E-state index in [0.717, 1.165) is 0 Å². The molecule has 148 valence electrons. The van der Waals surface area contributed by atoms with Gasteiger partial charge in [-0.15, -0.1) is 0 Å². The zero-order valence-electron chi connectivity index (χ0n) is 17.6. The smallest absolute Gasteiger partial charge is 0.297 e. The van der Waals surface area contributed by atoms with Crippen LogP contribution in [-0.2, 0) is 29.1 Å². The summed E-state index contributed by atoms with van der Waals surface area (Å²) in [5.41, 5.74) is -1.27. The molecule has 0 spiro atoms. The van der Waals surface area contributed by atoms with Crippen molar-refractivity contribution in [2.75, 3.05) is 0 Å². The molecule has 0 atom stereocenters. The van der Waals surface area contributed by atoms with E-state index in [1.807, 2.05) is 27.7 Å². The minimum Gasteiger partial charge on any atom is -0.297 e. The second-order valence-corrected chi connectivity index (χ2v) is 10.2. The largest absolute Gasteiger partial charge is 0.353 e. The number of rotatable bonds is 8. The lowest BCUT2D eigenvalue weighted by Crippen LogP contribution is -2.33. The highest BCUT2D eigenvalue weighted by Crippen LogP contribution is 2.30. The average molecular weight is 360 g/mol. The van der Waals surface area contributed by atoms with Gasteiger partial charge in [-0.25, -0.2) is 9.59 Å². The van der Waals surface area contributed by atoms with E-state index in [1.165, 1.54) is 0 Å². The molecule has 0 aliphatic heterocycles. The first kappa shape index (κ1) is 23.9. The zero-order valence-corrected chi connectivity index (χ0v) is 17.6. The van der Waals surface area contributed by atoms with Crippen molar-refractivity contribution in [1.29, 1.82) is 0 Å². The maximum absolute atomic E-state index is 11.7. The van der Waals surface area contributed by atoms with Crippen LogP contribution in [0.5, 0.6) is 0 Å². The highest BCUT2D eigenvalue weighted by Gasteiger charge is 2.31. The standard InChI is InChI=1S/C19H36O6/c1-16(2,3)12-18(7,8)24-22-14(20)11-15(21)23-25-19(9,10)13-17(4,5)6/h11-13H2,1-10H3. The van der Waals surface area contributed by atoms with Crippen LogP contribution in [0, 0.1) is 10.8 Å². The fourth-order valence-electron chi connectivity index (χ4n) is 3.11. The van der Waals surface area contributed by atoms with Gasteiger partial charge in [-0.1, -0.05) is 41.5 Å². The van der Waals surface area contributed by atoms with Gasteiger partial charge in [-0.3, -0.25) is 9.78 Å². The van der Waals surface area contributed by atoms with Crippen LogP contribution >= 0.6 is 0 Å². The van der Waals surface area contributed by atoms with Crippen molar-refractivity contribution in [1.82, 2.24) is 0 Å². The lowest BCUT2D eigenvalue weighted by Gasteiger charge is -2.30. The molecular formula is C19H36O6. The van der Waals surface area contributed by atoms with Gasteiger partial charge in [0.05, 0.1) is 0 Å². The number of hydrogen-bond acceptors (Lipinski definition) is 6. The molecule has 0 aliphatic rings. The second-order valence-electron chi connectivity index (χ2n) is 10.2. The Morgan fingerprint density at radius 2 is 0.880 bits per heavy atom. The zero-order chi connectivity index (χ0) is 20.1. The maximum atomic E-state index is 11.7. The van der Waals surface area contributed by atoms with Gasteiger partial charge in [0.1, 0.15) is 17.6 Å². The monoisotopic (exact) mass is 360 g/mol. The molecule has 0 aromatic rings. The maximum Gasteiger partial charge on any atom is 0.353 e. The summed E-state index contributed by atoms with van der Waals surface area (Å²) in [6.07, 6.45) is 0.793. The Bertz CT molecular complexity index is 410. The van der Waals surface area contributed by atoms with Gasteiger partial charge in [0.15, 0.2) is 0 Å². The van der Waals surface area contributed by atoms with Crippen LogP contribution in [0.4, 0.5) is 0 Å². The quantitative estimate of drug-likeness (QED) is 0.353. The number of carbonyl (C=O) groups is 2. The summed E-state index contributed by atoms with van der Waals surface area (Å²) in [5.74, 6) is -1.63. The molecule has 25 heavy (non-hydrogen) atoms. The van der Waals surface area contributed by atoms with Crippen LogP contribution in [0.1, 0.15) is 88.5 Å². The third-order valence-corrected chi connectivity index (χ3v) is 2.92. The molecule has 0 rings (SSSR count). The summed E-state index contributed by atoms with van der Waals surface area (Å²) in [6.45, 7) is 19.7. The van der Waals surface area contributed by atoms with Crippen molar-refractivity contribution >= 4 is 11.9 Å². The SMILES string of the molecule is CC(C)(C)CC(C)(C)OOC(=O)CC(=O)OOC(C)(C)CC(C)(C)C. The van der Waals surface area contributed by atoms with Crippen molar-refractivity contribution in [3.05, 3.63) is 0 Å². The molecule has 0 fully saturated rings. The van der Waals surface area contributed by atoms with E-state index in [1.54, 1.807) is 0 Å². The molecule has 0 aromatic heterocycles. The Labute approximate surface area is 152 Å². The van der Waals surface area contributed by atoms with Crippen LogP contribution in [0.25, 0.3) is 0 Å². The van der Waals surface area contributed by atoms with E-state index in [2.05, 4.69) is 41.5 Å². The first-order valence-electron chi connectivity index (χ1n) is 8.68. The third kappa shape index (κ3) is 13.8. The molecule has 0 aromatic carbocycles. The van der Waals surface area contributed by atoms with Crippen LogP contribution in [0.15, 0.2) is 0 Å². The summed E-state index contributed by atoms with van der Waals surface area (Å²) in [7, 11) is 0. The Balaban J connectivity index is 4.29. The first-order chi connectivity index (χ1) is 10.9. The van der Waals surface area contributed by atoms with Crippen molar-refractivity contribution in [2.45, 2.75) is 99.7 Å². The topological polar surface area (TPSA) is 71.1 Å². The molecule has 6 nitrogen and oxygen atoms in total. The molecule has 0 unspecified atom stereocenters. The van der Waals surface area contributed by atoms with Crippen molar-refractivity contribution < 1.29 is 29.1 Å². The Morgan fingerprint density at radius 1 is 0.600 bits per heavy atom. The van der Waals surface area contributed by atoms with Crippen molar-refractivity contribution in [2.24, 2.45) is 10.8 Å². The Kier molecular flexibility index (Phi) is 8.11. The van der Waals surface area contributed by atoms with Crippen LogP contribution < -0.4 is 0 Å². The molecule has 0 bridgehead atoms. The number of carbonyl (C=O) groups excluding carboxylic acids is 2. The predicted molar refractivity (Wildman–Crippen MR) is 95.3 cm³/mol. The van der Waals surface area contributed by atoms with Crippen molar-refractivity contribution in [3.8, 4) is 0 Å².